The van der Waals surface area contributed by atoms with Gasteiger partial charge in [0.05, 0.1) is 25.9 Å². The molecule has 0 atom stereocenters. The Hall–Kier alpha value is -3.69. The van der Waals surface area contributed by atoms with Crippen molar-refractivity contribution in [2.45, 2.75) is 0 Å². The van der Waals surface area contributed by atoms with Gasteiger partial charge < -0.3 is 4.98 Å². The molecule has 0 radical (unpaired) electrons. The molecule has 0 saturated heterocycles. The lowest BCUT2D eigenvalue weighted by atomic mass is 10.2. The van der Waals surface area contributed by atoms with E-state index in [1.807, 2.05) is 30.3 Å². The van der Waals surface area contributed by atoms with Crippen molar-refractivity contribution in [3.8, 4) is 33.3 Å². The molecule has 8 nitrogen and oxygen atoms in total. The van der Waals surface area contributed by atoms with Crippen molar-refractivity contribution >= 4 is 45.0 Å². The molecule has 6 aromatic rings. The first-order chi connectivity index (χ1) is 14.8. The van der Waals surface area contributed by atoms with Crippen LogP contribution in [0.25, 0.3) is 55.4 Å². The van der Waals surface area contributed by atoms with Crippen LogP contribution in [0.3, 0.4) is 0 Å². The maximum absolute atomic E-state index is 6.11. The molecule has 10 heteroatoms. The third kappa shape index (κ3) is 2.75. The van der Waals surface area contributed by atoms with Crippen molar-refractivity contribution in [1.82, 2.24) is 40.1 Å². The Bertz CT molecular complexity index is 1520. The van der Waals surface area contributed by atoms with Crippen LogP contribution in [0.5, 0.6) is 0 Å². The normalized spacial score (nSPS) is 11.5. The number of hydrogen-bond acceptors (Lipinski definition) is 7. The van der Waals surface area contributed by atoms with Gasteiger partial charge in [0.1, 0.15) is 23.1 Å². The number of H-pyrrole nitrogens is 2. The molecule has 0 aliphatic rings. The first-order valence-corrected chi connectivity index (χ1v) is 10.2. The Labute approximate surface area is 178 Å². The summed E-state index contributed by atoms with van der Waals surface area (Å²) in [5.41, 5.74) is 6.16. The molecule has 0 fully saturated rings. The fourth-order valence-electron chi connectivity index (χ4n) is 3.33. The van der Waals surface area contributed by atoms with Crippen LogP contribution in [0.1, 0.15) is 0 Å². The van der Waals surface area contributed by atoms with Gasteiger partial charge in [-0.2, -0.15) is 5.10 Å². The molecule has 6 aromatic heterocycles. The number of imidazole rings is 1. The molecule has 0 aliphatic heterocycles. The number of aromatic nitrogens is 8. The summed E-state index contributed by atoms with van der Waals surface area (Å²) in [4.78, 5) is 26.5. The van der Waals surface area contributed by atoms with E-state index in [9.17, 15) is 0 Å². The van der Waals surface area contributed by atoms with Gasteiger partial charge in [0.2, 0.25) is 0 Å². The molecule has 2 N–H and O–H groups in total. The number of halogens is 1. The lowest BCUT2D eigenvalue weighted by Crippen LogP contribution is -1.88. The van der Waals surface area contributed by atoms with Crippen LogP contribution in [0.15, 0.2) is 55.2 Å². The minimum Gasteiger partial charge on any atom is -0.336 e. The van der Waals surface area contributed by atoms with Gasteiger partial charge in [0.25, 0.3) is 0 Å². The van der Waals surface area contributed by atoms with E-state index < -0.39 is 0 Å². The number of fused-ring (bicyclic) bond motifs is 2. The van der Waals surface area contributed by atoms with Gasteiger partial charge >= 0.3 is 0 Å². The average molecular weight is 431 g/mol. The Kier molecular flexibility index (Phi) is 3.83. The average Bonchev–Trinajstić information content (AvgIpc) is 3.51. The van der Waals surface area contributed by atoms with Crippen molar-refractivity contribution in [1.29, 1.82) is 0 Å². The lowest BCUT2D eigenvalue weighted by molar-refractivity contribution is 1.10. The van der Waals surface area contributed by atoms with Crippen LogP contribution in [0, 0.1) is 0 Å². The summed E-state index contributed by atoms with van der Waals surface area (Å²) in [5.74, 6) is 0.613. The van der Waals surface area contributed by atoms with Crippen molar-refractivity contribution in [3.63, 3.8) is 0 Å². The molecule has 6 rings (SSSR count). The maximum atomic E-state index is 6.11. The third-order valence-electron chi connectivity index (χ3n) is 4.70. The smallest absolute Gasteiger partial charge is 0.161 e. The second kappa shape index (κ2) is 6.68. The summed E-state index contributed by atoms with van der Waals surface area (Å²) in [6.45, 7) is 0. The zero-order valence-electron chi connectivity index (χ0n) is 15.2. The molecular weight excluding hydrogens is 420 g/mol. The molecule has 144 valence electrons. The van der Waals surface area contributed by atoms with Gasteiger partial charge in [-0.05, 0) is 30.3 Å². The molecule has 0 aliphatic carbocycles. The number of nitrogens with one attached hydrogen (secondary N) is 2. The lowest BCUT2D eigenvalue weighted by Gasteiger charge is -2.00. The summed E-state index contributed by atoms with van der Waals surface area (Å²) < 4.78 is 0.708. The maximum Gasteiger partial charge on any atom is 0.161 e. The van der Waals surface area contributed by atoms with Gasteiger partial charge in [-0.25, -0.2) is 19.9 Å². The highest BCUT2D eigenvalue weighted by atomic mass is 35.5. The Balaban J connectivity index is 1.52. The van der Waals surface area contributed by atoms with Crippen LogP contribution in [-0.4, -0.2) is 40.1 Å². The molecule has 0 bridgehead atoms. The molecule has 0 spiro atoms. The zero-order chi connectivity index (χ0) is 20.1. The predicted molar refractivity (Wildman–Crippen MR) is 116 cm³/mol. The summed E-state index contributed by atoms with van der Waals surface area (Å²) in [6, 6.07) is 9.53. The molecule has 30 heavy (non-hydrogen) atoms. The quantitative estimate of drug-likeness (QED) is 0.420. The van der Waals surface area contributed by atoms with Crippen LogP contribution < -0.4 is 0 Å². The molecule has 0 unspecified atom stereocenters. The van der Waals surface area contributed by atoms with E-state index in [1.54, 1.807) is 18.6 Å². The molecule has 0 amide bonds. The molecule has 0 saturated carbocycles. The number of hydrogen-bond donors (Lipinski definition) is 2. The first-order valence-electron chi connectivity index (χ1n) is 8.97. The van der Waals surface area contributed by atoms with E-state index in [2.05, 4.69) is 30.1 Å². The highest BCUT2D eigenvalue weighted by Gasteiger charge is 2.18. The Morgan fingerprint density at radius 3 is 2.57 bits per heavy atom. The topological polar surface area (TPSA) is 109 Å². The number of pyridine rings is 2. The van der Waals surface area contributed by atoms with Crippen LogP contribution in [0.4, 0.5) is 0 Å². The summed E-state index contributed by atoms with van der Waals surface area (Å²) >= 11 is 7.58. The number of aromatic amines is 2. The standard InChI is InChI=1S/C20H11ClN8S/c21-15-4-3-14(30-15)18-16-12(5-6-24-18)26-20(27-16)19-17-13(28-29-19)2-1-11(25-17)10-7-22-9-23-8-10/h1-9H,(H,26,27)(H,28,29). The van der Waals surface area contributed by atoms with Gasteiger partial charge in [-0.15, -0.1) is 11.3 Å². The molecular formula is C20H11ClN8S. The fraction of sp³-hybridized carbons (Fsp3) is 0. The number of rotatable bonds is 3. The van der Waals surface area contributed by atoms with Crippen LogP contribution in [-0.2, 0) is 0 Å². The predicted octanol–water partition coefficient (Wildman–Crippen LogP) is 4.74. The van der Waals surface area contributed by atoms with Gasteiger partial charge in [-0.1, -0.05) is 11.6 Å². The highest BCUT2D eigenvalue weighted by molar-refractivity contribution is 7.19. The number of nitrogens with zero attached hydrogens (tertiary/aromatic N) is 6. The largest absolute Gasteiger partial charge is 0.336 e. The Morgan fingerprint density at radius 2 is 1.73 bits per heavy atom. The Morgan fingerprint density at radius 1 is 0.867 bits per heavy atom. The second-order valence-corrected chi connectivity index (χ2v) is 8.25. The second-order valence-electron chi connectivity index (χ2n) is 6.54. The molecule has 0 aromatic carbocycles. The minimum absolute atomic E-state index is 0.613. The van der Waals surface area contributed by atoms with Gasteiger partial charge in [-0.3, -0.25) is 10.1 Å². The molecule has 6 heterocycles. The monoisotopic (exact) mass is 430 g/mol. The van der Waals surface area contributed by atoms with Crippen molar-refractivity contribution in [3.05, 3.63) is 59.6 Å². The van der Waals surface area contributed by atoms with Gasteiger partial charge in [0.15, 0.2) is 11.5 Å². The van der Waals surface area contributed by atoms with E-state index in [1.165, 1.54) is 17.7 Å². The number of thiophene rings is 1. The van der Waals surface area contributed by atoms with E-state index >= 15 is 0 Å². The van der Waals surface area contributed by atoms with Crippen molar-refractivity contribution in [2.24, 2.45) is 0 Å². The first kappa shape index (κ1) is 17.2. The van der Waals surface area contributed by atoms with E-state index in [-0.39, 0.29) is 0 Å². The van der Waals surface area contributed by atoms with Crippen LogP contribution >= 0.6 is 22.9 Å². The highest BCUT2D eigenvalue weighted by Crippen LogP contribution is 2.34. The summed E-state index contributed by atoms with van der Waals surface area (Å²) in [7, 11) is 0. The van der Waals surface area contributed by atoms with Gasteiger partial charge in [0, 0.05) is 24.2 Å². The van der Waals surface area contributed by atoms with Crippen molar-refractivity contribution in [2.75, 3.05) is 0 Å². The van der Waals surface area contributed by atoms with E-state index in [4.69, 9.17) is 21.6 Å². The SMILES string of the molecule is Clc1ccc(-c2nccc3[nH]c(-c4n[nH]c5ccc(-c6cncnc6)nc45)nc23)s1. The van der Waals surface area contributed by atoms with E-state index in [0.717, 1.165) is 38.4 Å². The van der Waals surface area contributed by atoms with Crippen molar-refractivity contribution < 1.29 is 0 Å². The van der Waals surface area contributed by atoms with Crippen LogP contribution in [0.2, 0.25) is 4.34 Å². The summed E-state index contributed by atoms with van der Waals surface area (Å²) in [6.07, 6.45) is 6.70. The fourth-order valence-corrected chi connectivity index (χ4v) is 4.37. The zero-order valence-corrected chi connectivity index (χ0v) is 16.7. The van der Waals surface area contributed by atoms with E-state index in [0.29, 0.717) is 21.4 Å². The summed E-state index contributed by atoms with van der Waals surface area (Å²) in [5, 5.41) is 7.48. The third-order valence-corrected chi connectivity index (χ3v) is 5.93. The minimum atomic E-state index is 0.613.